The first-order chi connectivity index (χ1) is 7.74. The Hall–Kier alpha value is -0.930. The van der Waals surface area contributed by atoms with Crippen molar-refractivity contribution in [2.75, 3.05) is 13.1 Å². The molecule has 0 saturated carbocycles. The van der Waals surface area contributed by atoms with Crippen molar-refractivity contribution in [3.05, 3.63) is 27.7 Å². The van der Waals surface area contributed by atoms with Crippen LogP contribution in [0.1, 0.15) is 5.56 Å². The number of nitrogens with zero attached hydrogens (tertiary/aromatic N) is 1. The Kier molecular flexibility index (Phi) is 2.45. The number of fused-ring (bicyclic) bond motifs is 1. The van der Waals surface area contributed by atoms with Crippen LogP contribution < -0.4 is 10.1 Å². The van der Waals surface area contributed by atoms with Gasteiger partial charge < -0.3 is 10.1 Å². The van der Waals surface area contributed by atoms with Gasteiger partial charge in [0.05, 0.1) is 11.6 Å². The third kappa shape index (κ3) is 1.64. The minimum Gasteiger partial charge on any atom is -0.480 e. The zero-order chi connectivity index (χ0) is 11.1. The zero-order valence-corrected chi connectivity index (χ0v) is 9.98. The molecule has 2 aliphatic rings. The molecule has 2 aliphatic heterocycles. The molecule has 0 amide bonds. The first kappa shape index (κ1) is 10.2. The highest BCUT2D eigenvalue weighted by atomic mass is 35.5. The van der Waals surface area contributed by atoms with Crippen molar-refractivity contribution in [3.8, 4) is 5.75 Å². The van der Waals surface area contributed by atoms with Gasteiger partial charge in [-0.15, -0.1) is 0 Å². The molecule has 0 radical (unpaired) electrons. The van der Waals surface area contributed by atoms with Crippen molar-refractivity contribution in [2.45, 2.75) is 12.5 Å². The Labute approximate surface area is 103 Å². The lowest BCUT2D eigenvalue weighted by Gasteiger charge is -2.11. The van der Waals surface area contributed by atoms with Gasteiger partial charge in [0.15, 0.2) is 6.10 Å². The minimum atomic E-state index is -0.0338. The smallest absolute Gasteiger partial charge is 0.159 e. The third-order valence-corrected chi connectivity index (χ3v) is 3.25. The van der Waals surface area contributed by atoms with Gasteiger partial charge in [-0.2, -0.15) is 0 Å². The van der Waals surface area contributed by atoms with E-state index in [1.807, 2.05) is 6.07 Å². The zero-order valence-electron chi connectivity index (χ0n) is 8.46. The van der Waals surface area contributed by atoms with Gasteiger partial charge in [0, 0.05) is 23.6 Å². The molecule has 1 N–H and O–H groups in total. The monoisotopic (exact) mass is 256 g/mol. The highest BCUT2D eigenvalue weighted by Gasteiger charge is 2.30. The summed E-state index contributed by atoms with van der Waals surface area (Å²) in [6.45, 7) is 1.71. The van der Waals surface area contributed by atoms with Gasteiger partial charge in [-0.25, -0.2) is 0 Å². The first-order valence-corrected chi connectivity index (χ1v) is 5.92. The van der Waals surface area contributed by atoms with Crippen LogP contribution in [0.25, 0.3) is 0 Å². The number of ether oxygens (including phenoxy) is 1. The van der Waals surface area contributed by atoms with E-state index >= 15 is 0 Å². The van der Waals surface area contributed by atoms with Crippen molar-refractivity contribution in [1.29, 1.82) is 0 Å². The maximum absolute atomic E-state index is 6.08. The van der Waals surface area contributed by atoms with E-state index in [2.05, 4.69) is 10.3 Å². The van der Waals surface area contributed by atoms with Crippen molar-refractivity contribution < 1.29 is 4.74 Å². The molecule has 0 fully saturated rings. The summed E-state index contributed by atoms with van der Waals surface area (Å²) in [5, 5.41) is 4.44. The van der Waals surface area contributed by atoms with E-state index in [1.54, 1.807) is 6.07 Å². The van der Waals surface area contributed by atoms with E-state index in [4.69, 9.17) is 27.9 Å². The van der Waals surface area contributed by atoms with Gasteiger partial charge in [0.25, 0.3) is 0 Å². The number of nitrogens with one attached hydrogen (secondary N) is 1. The fourth-order valence-electron chi connectivity index (χ4n) is 2.07. The molecule has 0 aromatic heterocycles. The van der Waals surface area contributed by atoms with Crippen LogP contribution in [0.2, 0.25) is 10.0 Å². The lowest BCUT2D eigenvalue weighted by molar-refractivity contribution is 0.298. The van der Waals surface area contributed by atoms with Gasteiger partial charge in [0.2, 0.25) is 0 Å². The number of halogens is 2. The average Bonchev–Trinajstić information content (AvgIpc) is 2.82. The summed E-state index contributed by atoms with van der Waals surface area (Å²) < 4.78 is 5.79. The summed E-state index contributed by atoms with van der Waals surface area (Å²) in [5.74, 6) is 1.66. The van der Waals surface area contributed by atoms with Crippen molar-refractivity contribution in [2.24, 2.45) is 4.99 Å². The Balaban J connectivity index is 1.91. The number of aliphatic imine (C=N–C) groups is 1. The van der Waals surface area contributed by atoms with Gasteiger partial charge in [-0.1, -0.05) is 23.2 Å². The third-order valence-electron chi connectivity index (χ3n) is 2.76. The SMILES string of the molecule is Clc1cc(Cl)c2c(c1)CC(C1=NCCN1)O2. The van der Waals surface area contributed by atoms with Gasteiger partial charge in [-0.3, -0.25) is 4.99 Å². The standard InChI is InChI=1S/C11H10Cl2N2O/c12-7-3-6-4-9(11-14-1-2-15-11)16-10(6)8(13)5-7/h3,5,9H,1-2,4H2,(H,14,15). The molecule has 3 nitrogen and oxygen atoms in total. The number of rotatable bonds is 1. The Morgan fingerprint density at radius 1 is 1.38 bits per heavy atom. The van der Waals surface area contributed by atoms with Crippen molar-refractivity contribution in [3.63, 3.8) is 0 Å². The molecule has 0 spiro atoms. The van der Waals surface area contributed by atoms with Crippen molar-refractivity contribution >= 4 is 29.0 Å². The Bertz CT molecular complexity index is 473. The average molecular weight is 257 g/mol. The molecule has 5 heteroatoms. The summed E-state index contributed by atoms with van der Waals surface area (Å²) in [6.07, 6.45) is 0.745. The topological polar surface area (TPSA) is 33.6 Å². The van der Waals surface area contributed by atoms with Crippen LogP contribution in [0.4, 0.5) is 0 Å². The largest absolute Gasteiger partial charge is 0.480 e. The normalized spacial score (nSPS) is 22.4. The van der Waals surface area contributed by atoms with Crippen molar-refractivity contribution in [1.82, 2.24) is 5.32 Å². The maximum atomic E-state index is 6.08. The highest BCUT2D eigenvalue weighted by Crippen LogP contribution is 2.38. The summed E-state index contributed by atoms with van der Waals surface area (Å²) in [6, 6.07) is 3.60. The molecule has 1 unspecified atom stereocenters. The predicted molar refractivity (Wildman–Crippen MR) is 64.9 cm³/mol. The lowest BCUT2D eigenvalue weighted by Crippen LogP contribution is -2.34. The van der Waals surface area contributed by atoms with Crippen LogP contribution in [0, 0.1) is 0 Å². The molecule has 0 bridgehead atoms. The molecule has 1 aromatic carbocycles. The fourth-order valence-corrected chi connectivity index (χ4v) is 2.65. The first-order valence-electron chi connectivity index (χ1n) is 5.17. The second-order valence-corrected chi connectivity index (χ2v) is 4.72. The van der Waals surface area contributed by atoms with Crippen LogP contribution in [0.3, 0.4) is 0 Å². The molecule has 2 heterocycles. The van der Waals surface area contributed by atoms with E-state index in [0.29, 0.717) is 10.0 Å². The number of hydrogen-bond donors (Lipinski definition) is 1. The lowest BCUT2D eigenvalue weighted by atomic mass is 10.1. The van der Waals surface area contributed by atoms with E-state index < -0.39 is 0 Å². The Morgan fingerprint density at radius 3 is 3.00 bits per heavy atom. The van der Waals surface area contributed by atoms with E-state index in [9.17, 15) is 0 Å². The Morgan fingerprint density at radius 2 is 2.25 bits per heavy atom. The van der Waals surface area contributed by atoms with Gasteiger partial charge in [-0.05, 0) is 12.1 Å². The molecule has 0 aliphatic carbocycles. The van der Waals surface area contributed by atoms with Crippen LogP contribution in [0.15, 0.2) is 17.1 Å². The summed E-state index contributed by atoms with van der Waals surface area (Å²) >= 11 is 12.0. The molecule has 84 valence electrons. The number of benzene rings is 1. The molecule has 3 rings (SSSR count). The highest BCUT2D eigenvalue weighted by molar-refractivity contribution is 6.35. The van der Waals surface area contributed by atoms with E-state index in [0.717, 1.165) is 36.7 Å². The predicted octanol–water partition coefficient (Wildman–Crippen LogP) is 2.30. The van der Waals surface area contributed by atoms with E-state index in [-0.39, 0.29) is 6.10 Å². The number of amidine groups is 1. The van der Waals surface area contributed by atoms with E-state index in [1.165, 1.54) is 0 Å². The molecule has 1 aromatic rings. The minimum absolute atomic E-state index is 0.0338. The summed E-state index contributed by atoms with van der Waals surface area (Å²) in [4.78, 5) is 4.36. The molecular weight excluding hydrogens is 247 g/mol. The van der Waals surface area contributed by atoms with Crippen LogP contribution in [-0.4, -0.2) is 25.0 Å². The van der Waals surface area contributed by atoms with Gasteiger partial charge >= 0.3 is 0 Å². The number of hydrogen-bond acceptors (Lipinski definition) is 3. The summed E-state index contributed by atoms with van der Waals surface area (Å²) in [7, 11) is 0. The van der Waals surface area contributed by atoms with Crippen LogP contribution >= 0.6 is 23.2 Å². The quantitative estimate of drug-likeness (QED) is 0.837. The second kappa shape index (κ2) is 3.82. The maximum Gasteiger partial charge on any atom is 0.159 e. The van der Waals surface area contributed by atoms with Gasteiger partial charge in [0.1, 0.15) is 11.6 Å². The van der Waals surface area contributed by atoms with Crippen LogP contribution in [-0.2, 0) is 6.42 Å². The molecule has 1 atom stereocenters. The molecule has 16 heavy (non-hydrogen) atoms. The summed E-state index contributed by atoms with van der Waals surface area (Å²) in [5.41, 5.74) is 1.05. The van der Waals surface area contributed by atoms with Crippen LogP contribution in [0.5, 0.6) is 5.75 Å². The molecular formula is C11H10Cl2N2O. The molecule has 0 saturated heterocycles. The second-order valence-electron chi connectivity index (χ2n) is 3.88. The fraction of sp³-hybridized carbons (Fsp3) is 0.364.